The first-order valence-corrected chi connectivity index (χ1v) is 9.28. The first kappa shape index (κ1) is 18.7. The third kappa shape index (κ3) is 3.44. The van der Waals surface area contributed by atoms with Crippen molar-refractivity contribution in [2.45, 2.75) is 83.0 Å². The topological polar surface area (TPSA) is 30.9 Å². The Balaban J connectivity index is 1.79. The summed E-state index contributed by atoms with van der Waals surface area (Å²) in [6, 6.07) is 9.91. The number of nitrogens with zero attached hydrogens (tertiary/aromatic N) is 1. The molecule has 25 heavy (non-hydrogen) atoms. The lowest BCUT2D eigenvalue weighted by molar-refractivity contribution is -0.365. The van der Waals surface area contributed by atoms with Gasteiger partial charge in [0, 0.05) is 23.9 Å². The van der Waals surface area contributed by atoms with Gasteiger partial charge in [0.1, 0.15) is 5.75 Å². The van der Waals surface area contributed by atoms with E-state index in [9.17, 15) is 0 Å². The molecule has 4 heteroatoms. The van der Waals surface area contributed by atoms with Gasteiger partial charge >= 0.3 is 0 Å². The van der Waals surface area contributed by atoms with Gasteiger partial charge in [0.25, 0.3) is 0 Å². The molecular formula is C21H33NO3. The van der Waals surface area contributed by atoms with Gasteiger partial charge in [-0.25, -0.2) is 0 Å². The lowest BCUT2D eigenvalue weighted by atomic mass is 9.75. The van der Waals surface area contributed by atoms with Crippen molar-refractivity contribution in [3.63, 3.8) is 0 Å². The second-order valence-electron chi connectivity index (χ2n) is 9.22. The van der Waals surface area contributed by atoms with E-state index < -0.39 is 11.4 Å². The van der Waals surface area contributed by atoms with E-state index in [4.69, 9.17) is 14.2 Å². The van der Waals surface area contributed by atoms with E-state index in [2.05, 4.69) is 53.5 Å². The Morgan fingerprint density at radius 2 is 1.56 bits per heavy atom. The second kappa shape index (κ2) is 5.97. The average molecular weight is 347 g/mol. The van der Waals surface area contributed by atoms with Crippen molar-refractivity contribution in [1.82, 2.24) is 4.90 Å². The van der Waals surface area contributed by atoms with Crippen LogP contribution in [0.25, 0.3) is 0 Å². The molecule has 0 aromatic heterocycles. The van der Waals surface area contributed by atoms with Crippen LogP contribution in [0, 0.1) is 0 Å². The van der Waals surface area contributed by atoms with E-state index in [1.54, 1.807) is 0 Å². The highest BCUT2D eigenvalue weighted by atomic mass is 16.7. The molecule has 2 aliphatic rings. The minimum atomic E-state index is -0.543. The molecule has 0 saturated carbocycles. The summed E-state index contributed by atoms with van der Waals surface area (Å²) in [5.41, 5.74) is -0.477. The van der Waals surface area contributed by atoms with Crippen LogP contribution in [0.5, 0.6) is 5.75 Å². The summed E-state index contributed by atoms with van der Waals surface area (Å²) >= 11 is 0. The van der Waals surface area contributed by atoms with E-state index in [0.717, 1.165) is 18.6 Å². The van der Waals surface area contributed by atoms with Gasteiger partial charge in [-0.3, -0.25) is 4.90 Å². The predicted octanol–water partition coefficient (Wildman–Crippen LogP) is 4.24. The standard InChI is InChI=1S/C21H33NO3/c1-16-20(6,25-17-11-9-8-10-12-17)15-23-21(24-16)13-18(2,3)22(7)19(4,5)14-21/h8-12,16H,13-15H2,1-7H3. The molecule has 140 valence electrons. The molecule has 2 atom stereocenters. The quantitative estimate of drug-likeness (QED) is 0.801. The van der Waals surface area contributed by atoms with Crippen LogP contribution >= 0.6 is 0 Å². The molecule has 3 rings (SSSR count). The van der Waals surface area contributed by atoms with Crippen LogP contribution in [0.4, 0.5) is 0 Å². The number of para-hydroxylation sites is 1. The number of likely N-dealkylation sites (tertiary alicyclic amines) is 1. The highest BCUT2D eigenvalue weighted by molar-refractivity contribution is 5.22. The highest BCUT2D eigenvalue weighted by Gasteiger charge is 2.57. The minimum absolute atomic E-state index is 0.00942. The Labute approximate surface area is 152 Å². The molecule has 0 radical (unpaired) electrons. The monoisotopic (exact) mass is 347 g/mol. The van der Waals surface area contributed by atoms with Crippen LogP contribution in [-0.4, -0.2) is 47.1 Å². The first-order chi connectivity index (χ1) is 11.5. The summed E-state index contributed by atoms with van der Waals surface area (Å²) in [4.78, 5) is 2.44. The second-order valence-corrected chi connectivity index (χ2v) is 9.22. The van der Waals surface area contributed by atoms with Gasteiger partial charge in [-0.2, -0.15) is 0 Å². The number of hydrogen-bond donors (Lipinski definition) is 0. The van der Waals surface area contributed by atoms with E-state index in [1.165, 1.54) is 0 Å². The number of hydrogen-bond acceptors (Lipinski definition) is 4. The van der Waals surface area contributed by atoms with Crippen LogP contribution in [-0.2, 0) is 9.47 Å². The smallest absolute Gasteiger partial charge is 0.172 e. The molecule has 1 aromatic rings. The summed E-state index contributed by atoms with van der Waals surface area (Å²) in [5.74, 6) is 0.308. The SMILES string of the molecule is CC1OC2(CC(C)(C)N(C)C(C)(C)C2)OCC1(C)Oc1ccccc1. The lowest BCUT2D eigenvalue weighted by Crippen LogP contribution is -2.69. The highest BCUT2D eigenvalue weighted by Crippen LogP contribution is 2.48. The molecule has 1 spiro atoms. The van der Waals surface area contributed by atoms with Crippen LogP contribution in [0.3, 0.4) is 0 Å². The molecule has 2 heterocycles. The molecule has 0 amide bonds. The van der Waals surface area contributed by atoms with Crippen molar-refractivity contribution in [3.05, 3.63) is 30.3 Å². The summed E-state index contributed by atoms with van der Waals surface area (Å²) in [7, 11) is 2.20. The van der Waals surface area contributed by atoms with Crippen LogP contribution < -0.4 is 4.74 Å². The van der Waals surface area contributed by atoms with Gasteiger partial charge in [-0.15, -0.1) is 0 Å². The fourth-order valence-electron chi connectivity index (χ4n) is 4.37. The van der Waals surface area contributed by atoms with Crippen molar-refractivity contribution in [2.75, 3.05) is 13.7 Å². The van der Waals surface area contributed by atoms with Crippen molar-refractivity contribution < 1.29 is 14.2 Å². The van der Waals surface area contributed by atoms with Crippen LogP contribution in [0.15, 0.2) is 30.3 Å². The normalized spacial score (nSPS) is 34.0. The van der Waals surface area contributed by atoms with E-state index in [-0.39, 0.29) is 17.2 Å². The molecule has 2 saturated heterocycles. The van der Waals surface area contributed by atoms with E-state index >= 15 is 0 Å². The largest absolute Gasteiger partial charge is 0.482 e. The van der Waals surface area contributed by atoms with Crippen molar-refractivity contribution in [3.8, 4) is 5.75 Å². The fraction of sp³-hybridized carbons (Fsp3) is 0.714. The zero-order chi connectivity index (χ0) is 18.5. The molecule has 4 nitrogen and oxygen atoms in total. The number of ether oxygens (including phenoxy) is 3. The third-order valence-electron chi connectivity index (χ3n) is 6.19. The van der Waals surface area contributed by atoms with Gasteiger partial charge in [0.15, 0.2) is 11.4 Å². The molecule has 1 aromatic carbocycles. The molecule has 0 bridgehead atoms. The molecule has 2 fully saturated rings. The zero-order valence-corrected chi connectivity index (χ0v) is 16.8. The number of benzene rings is 1. The Morgan fingerprint density at radius 1 is 1.00 bits per heavy atom. The molecule has 0 aliphatic carbocycles. The van der Waals surface area contributed by atoms with E-state index in [1.807, 2.05) is 30.3 Å². The fourth-order valence-corrected chi connectivity index (χ4v) is 4.37. The predicted molar refractivity (Wildman–Crippen MR) is 99.9 cm³/mol. The Morgan fingerprint density at radius 3 is 2.08 bits per heavy atom. The number of rotatable bonds is 2. The molecule has 0 N–H and O–H groups in total. The van der Waals surface area contributed by atoms with Crippen molar-refractivity contribution in [1.29, 1.82) is 0 Å². The summed E-state index contributed by atoms with van der Waals surface area (Å²) in [6.45, 7) is 13.8. The average Bonchev–Trinajstić information content (AvgIpc) is 2.50. The summed E-state index contributed by atoms with van der Waals surface area (Å²) in [6.07, 6.45) is 1.65. The maximum absolute atomic E-state index is 6.55. The maximum Gasteiger partial charge on any atom is 0.172 e. The van der Waals surface area contributed by atoms with E-state index in [0.29, 0.717) is 6.61 Å². The molecular weight excluding hydrogens is 314 g/mol. The number of piperidine rings is 1. The van der Waals surface area contributed by atoms with Gasteiger partial charge < -0.3 is 14.2 Å². The molecule has 2 aliphatic heterocycles. The van der Waals surface area contributed by atoms with Gasteiger partial charge in [0.05, 0.1) is 12.7 Å². The third-order valence-corrected chi connectivity index (χ3v) is 6.19. The van der Waals surface area contributed by atoms with Crippen LogP contribution in [0.2, 0.25) is 0 Å². The van der Waals surface area contributed by atoms with Gasteiger partial charge in [-0.1, -0.05) is 18.2 Å². The Bertz CT molecular complexity index is 595. The van der Waals surface area contributed by atoms with Crippen molar-refractivity contribution >= 4 is 0 Å². The zero-order valence-electron chi connectivity index (χ0n) is 16.8. The minimum Gasteiger partial charge on any atom is -0.482 e. The first-order valence-electron chi connectivity index (χ1n) is 9.28. The summed E-state index contributed by atoms with van der Waals surface area (Å²) < 4.78 is 19.2. The Kier molecular flexibility index (Phi) is 4.46. The van der Waals surface area contributed by atoms with Crippen LogP contribution in [0.1, 0.15) is 54.4 Å². The Hall–Kier alpha value is -1.10. The maximum atomic E-state index is 6.55. The lowest BCUT2D eigenvalue weighted by Gasteiger charge is -2.60. The van der Waals surface area contributed by atoms with Gasteiger partial charge in [0.2, 0.25) is 0 Å². The van der Waals surface area contributed by atoms with Gasteiger partial charge in [-0.05, 0) is 60.7 Å². The van der Waals surface area contributed by atoms with Crippen molar-refractivity contribution in [2.24, 2.45) is 0 Å². The molecule has 2 unspecified atom stereocenters. The summed E-state index contributed by atoms with van der Waals surface area (Å²) in [5, 5.41) is 0.